The fourth-order valence-electron chi connectivity index (χ4n) is 5.16. The predicted molar refractivity (Wildman–Crippen MR) is 115 cm³/mol. The van der Waals surface area contributed by atoms with Crippen LogP contribution in [0.5, 0.6) is 5.75 Å². The Hall–Kier alpha value is -3.57. The normalized spacial score (nSPS) is 23.6. The van der Waals surface area contributed by atoms with Crippen molar-refractivity contribution in [3.63, 3.8) is 0 Å². The summed E-state index contributed by atoms with van der Waals surface area (Å²) in [4.78, 5) is 20.7. The number of amides is 1. The second-order valence-electron chi connectivity index (χ2n) is 9.60. The van der Waals surface area contributed by atoms with E-state index in [2.05, 4.69) is 20.4 Å². The molecule has 2 heterocycles. The van der Waals surface area contributed by atoms with E-state index < -0.39 is 35.0 Å². The number of nitrogens with one attached hydrogen (secondary N) is 1. The molecule has 1 amide bonds. The number of hydrogen-bond donors (Lipinski definition) is 2. The summed E-state index contributed by atoms with van der Waals surface area (Å²) in [7, 11) is 0. The van der Waals surface area contributed by atoms with Crippen LogP contribution in [-0.2, 0) is 11.6 Å². The Morgan fingerprint density at radius 3 is 2.25 bits per heavy atom. The lowest BCUT2D eigenvalue weighted by Gasteiger charge is -2.52. The first kappa shape index (κ1) is 24.1. The van der Waals surface area contributed by atoms with E-state index in [-0.39, 0.29) is 28.0 Å². The quantitative estimate of drug-likeness (QED) is 0.462. The van der Waals surface area contributed by atoms with E-state index in [0.29, 0.717) is 12.4 Å². The van der Waals surface area contributed by atoms with E-state index in [4.69, 9.17) is 4.52 Å². The third-order valence-corrected chi connectivity index (χ3v) is 7.51. The zero-order valence-corrected chi connectivity index (χ0v) is 18.8. The lowest BCUT2D eigenvalue weighted by Crippen LogP contribution is -2.49. The van der Waals surface area contributed by atoms with Crippen molar-refractivity contribution < 1.29 is 36.4 Å². The van der Waals surface area contributed by atoms with Gasteiger partial charge in [0.25, 0.3) is 11.8 Å². The maximum atomic E-state index is 13.6. The molecule has 2 bridgehead atoms. The predicted octanol–water partition coefficient (Wildman–Crippen LogP) is 5.16. The van der Waals surface area contributed by atoms with Crippen LogP contribution in [0.25, 0.3) is 11.6 Å². The highest BCUT2D eigenvalue weighted by Crippen LogP contribution is 2.57. The van der Waals surface area contributed by atoms with Crippen LogP contribution in [0.3, 0.4) is 0 Å². The second kappa shape index (κ2) is 8.52. The van der Waals surface area contributed by atoms with Crippen molar-refractivity contribution >= 4 is 5.91 Å². The Bertz CT molecular complexity index is 1260. The number of carbonyl (C=O) groups excluding carboxylic acids is 1. The van der Waals surface area contributed by atoms with Crippen LogP contribution in [0.1, 0.15) is 60.3 Å². The van der Waals surface area contributed by atoms with E-state index in [9.17, 15) is 31.9 Å². The van der Waals surface area contributed by atoms with Crippen LogP contribution in [0, 0.1) is 17.0 Å². The zero-order valence-electron chi connectivity index (χ0n) is 18.8. The SMILES string of the molecule is O=C(NC[C@]12CC[C@](c3noc(-c4ccc(C(F)(F)F)cn4)n3)(CC1)CC2)c1cc(F)c(O)c(F)c1. The number of nitrogens with zero attached hydrogens (tertiary/aromatic N) is 3. The molecule has 0 atom stereocenters. The van der Waals surface area contributed by atoms with Crippen molar-refractivity contribution in [3.8, 4) is 17.3 Å². The molecule has 3 aliphatic carbocycles. The molecule has 12 heteroatoms. The molecule has 1 aromatic carbocycles. The molecule has 36 heavy (non-hydrogen) atoms. The molecule has 3 aliphatic rings. The van der Waals surface area contributed by atoms with E-state index in [0.717, 1.165) is 62.9 Å². The van der Waals surface area contributed by atoms with Gasteiger partial charge in [-0.05, 0) is 68.2 Å². The number of halogens is 5. The average molecular weight is 508 g/mol. The van der Waals surface area contributed by atoms with Crippen LogP contribution in [0.2, 0.25) is 0 Å². The van der Waals surface area contributed by atoms with Crippen molar-refractivity contribution in [2.45, 2.75) is 50.1 Å². The summed E-state index contributed by atoms with van der Waals surface area (Å²) < 4.78 is 70.8. The third kappa shape index (κ3) is 4.28. The molecule has 0 saturated heterocycles. The first-order valence-electron chi connectivity index (χ1n) is 11.3. The van der Waals surface area contributed by atoms with Gasteiger partial charge in [0, 0.05) is 23.7 Å². The molecule has 0 radical (unpaired) electrons. The monoisotopic (exact) mass is 508 g/mol. The number of rotatable bonds is 5. The summed E-state index contributed by atoms with van der Waals surface area (Å²) in [6.07, 6.45) is 0.690. The molecule has 2 aromatic heterocycles. The van der Waals surface area contributed by atoms with Gasteiger partial charge in [-0.25, -0.2) is 8.78 Å². The van der Waals surface area contributed by atoms with Gasteiger partial charge < -0.3 is 14.9 Å². The maximum Gasteiger partial charge on any atom is 0.417 e. The first-order valence-corrected chi connectivity index (χ1v) is 11.3. The zero-order chi connectivity index (χ0) is 25.7. The number of hydrogen-bond acceptors (Lipinski definition) is 6. The van der Waals surface area contributed by atoms with Crippen molar-refractivity contribution in [1.29, 1.82) is 0 Å². The number of fused-ring (bicyclic) bond motifs is 3. The fourth-order valence-corrected chi connectivity index (χ4v) is 5.16. The van der Waals surface area contributed by atoms with Gasteiger partial charge in [-0.2, -0.15) is 18.2 Å². The van der Waals surface area contributed by atoms with Gasteiger partial charge in [0.2, 0.25) is 0 Å². The lowest BCUT2D eigenvalue weighted by molar-refractivity contribution is -0.137. The maximum absolute atomic E-state index is 13.6. The van der Waals surface area contributed by atoms with E-state index in [1.165, 1.54) is 6.07 Å². The van der Waals surface area contributed by atoms with Crippen LogP contribution in [-0.4, -0.2) is 32.7 Å². The van der Waals surface area contributed by atoms with Gasteiger partial charge in [-0.1, -0.05) is 5.16 Å². The molecule has 2 N–H and O–H groups in total. The molecule has 0 unspecified atom stereocenters. The molecule has 3 aromatic rings. The second-order valence-corrected chi connectivity index (χ2v) is 9.60. The highest BCUT2D eigenvalue weighted by Gasteiger charge is 2.51. The van der Waals surface area contributed by atoms with Crippen LogP contribution in [0.4, 0.5) is 22.0 Å². The minimum atomic E-state index is -4.49. The summed E-state index contributed by atoms with van der Waals surface area (Å²) in [5, 5.41) is 16.1. The Labute approximate surface area is 201 Å². The standard InChI is InChI=1S/C24H21F5N4O3/c25-15-9-13(10-16(26)18(15)34)19(35)31-12-22-3-6-23(7-4-22,8-5-22)21-32-20(36-33-21)17-2-1-14(11-30-17)24(27,28)29/h1-2,9-11,34H,3-8,12H2,(H,31,35)/t22-,23+. The number of phenolic OH excluding ortho intramolecular Hbond substituents is 1. The summed E-state index contributed by atoms with van der Waals surface area (Å²) in [5.74, 6) is -3.62. The molecule has 7 nitrogen and oxygen atoms in total. The summed E-state index contributed by atoms with van der Waals surface area (Å²) in [6.45, 7) is 0.332. The van der Waals surface area contributed by atoms with Crippen LogP contribution < -0.4 is 5.32 Å². The topological polar surface area (TPSA) is 101 Å². The van der Waals surface area contributed by atoms with Gasteiger partial charge in [-0.15, -0.1) is 0 Å². The third-order valence-electron chi connectivity index (χ3n) is 7.51. The molecule has 0 spiro atoms. The van der Waals surface area contributed by atoms with Gasteiger partial charge in [0.05, 0.1) is 5.56 Å². The minimum absolute atomic E-state index is 0.0520. The number of aromatic hydroxyl groups is 1. The summed E-state index contributed by atoms with van der Waals surface area (Å²) in [6, 6.07) is 3.68. The highest BCUT2D eigenvalue weighted by molar-refractivity contribution is 5.94. The molecule has 0 aliphatic heterocycles. The average Bonchev–Trinajstić information content (AvgIpc) is 3.38. The molecule has 3 fully saturated rings. The summed E-state index contributed by atoms with van der Waals surface area (Å²) in [5.41, 5.74) is -1.43. The number of aromatic nitrogens is 3. The van der Waals surface area contributed by atoms with Gasteiger partial charge >= 0.3 is 6.18 Å². The highest BCUT2D eigenvalue weighted by atomic mass is 19.4. The molecule has 3 saturated carbocycles. The minimum Gasteiger partial charge on any atom is -0.503 e. The number of carbonyl (C=O) groups is 1. The van der Waals surface area contributed by atoms with Gasteiger partial charge in [0.1, 0.15) is 5.69 Å². The number of benzene rings is 1. The Morgan fingerprint density at radius 2 is 1.69 bits per heavy atom. The van der Waals surface area contributed by atoms with Crippen molar-refractivity contribution in [2.75, 3.05) is 6.54 Å². The van der Waals surface area contributed by atoms with Crippen molar-refractivity contribution in [1.82, 2.24) is 20.4 Å². The molecule has 6 rings (SSSR count). The Balaban J connectivity index is 1.23. The Kier molecular flexibility index (Phi) is 5.72. The molecule has 190 valence electrons. The van der Waals surface area contributed by atoms with Gasteiger partial charge in [0.15, 0.2) is 23.2 Å². The lowest BCUT2D eigenvalue weighted by atomic mass is 9.53. The fraction of sp³-hybridized carbons (Fsp3) is 0.417. The van der Waals surface area contributed by atoms with Crippen molar-refractivity contribution in [3.05, 3.63) is 59.0 Å². The summed E-state index contributed by atoms with van der Waals surface area (Å²) >= 11 is 0. The number of alkyl halides is 3. The smallest absolute Gasteiger partial charge is 0.417 e. The van der Waals surface area contributed by atoms with Crippen molar-refractivity contribution in [2.24, 2.45) is 5.41 Å². The van der Waals surface area contributed by atoms with E-state index in [1.54, 1.807) is 0 Å². The first-order chi connectivity index (χ1) is 17.0. The van der Waals surface area contributed by atoms with Crippen LogP contribution >= 0.6 is 0 Å². The van der Waals surface area contributed by atoms with Gasteiger partial charge in [-0.3, -0.25) is 9.78 Å². The largest absolute Gasteiger partial charge is 0.503 e. The number of phenols is 1. The molecular formula is C24H21F5N4O3. The Morgan fingerprint density at radius 1 is 1.06 bits per heavy atom. The number of pyridine rings is 1. The molecular weight excluding hydrogens is 487 g/mol. The van der Waals surface area contributed by atoms with E-state index in [1.807, 2.05) is 0 Å². The van der Waals surface area contributed by atoms with Crippen LogP contribution in [0.15, 0.2) is 35.0 Å². The van der Waals surface area contributed by atoms with E-state index >= 15 is 0 Å².